The summed E-state index contributed by atoms with van der Waals surface area (Å²) in [6.07, 6.45) is 0.958. The molecule has 0 unspecified atom stereocenters. The fourth-order valence-electron chi connectivity index (χ4n) is 1.30. The molecule has 1 saturated heterocycles. The van der Waals surface area contributed by atoms with Gasteiger partial charge in [0.25, 0.3) is 0 Å². The summed E-state index contributed by atoms with van der Waals surface area (Å²) < 4.78 is 15.9. The van der Waals surface area contributed by atoms with Crippen LogP contribution >= 0.6 is 0 Å². The molecule has 14 heavy (non-hydrogen) atoms. The maximum Gasteiger partial charge on any atom is 0.0901 e. The first-order valence-electron chi connectivity index (χ1n) is 5.18. The molecule has 0 radical (unpaired) electrons. The maximum atomic E-state index is 5.70. The Bertz CT molecular complexity index is 148. The Morgan fingerprint density at radius 1 is 1.14 bits per heavy atom. The highest BCUT2D eigenvalue weighted by Crippen LogP contribution is 2.14. The highest BCUT2D eigenvalue weighted by atomic mass is 16.5. The van der Waals surface area contributed by atoms with Crippen LogP contribution in [0.25, 0.3) is 0 Å². The number of hydrogen-bond acceptors (Lipinski definition) is 4. The van der Waals surface area contributed by atoms with Crippen molar-refractivity contribution < 1.29 is 14.2 Å². The zero-order chi connectivity index (χ0) is 10.3. The smallest absolute Gasteiger partial charge is 0.0901 e. The van der Waals surface area contributed by atoms with Crippen molar-refractivity contribution in [2.75, 3.05) is 46.6 Å². The lowest BCUT2D eigenvalue weighted by Crippen LogP contribution is -2.59. The van der Waals surface area contributed by atoms with E-state index in [0.717, 1.165) is 32.7 Å². The molecule has 1 fully saturated rings. The molecule has 1 heterocycles. The van der Waals surface area contributed by atoms with Gasteiger partial charge >= 0.3 is 0 Å². The summed E-state index contributed by atoms with van der Waals surface area (Å²) in [5.41, 5.74) is 0.0759. The Morgan fingerprint density at radius 2 is 1.93 bits per heavy atom. The molecule has 84 valence electrons. The molecule has 0 aliphatic carbocycles. The SMILES string of the molecule is COCCOCCCOC1(C)CNC1. The van der Waals surface area contributed by atoms with E-state index in [9.17, 15) is 0 Å². The van der Waals surface area contributed by atoms with E-state index in [1.807, 2.05) is 0 Å². The molecule has 0 aromatic heterocycles. The molecule has 0 aromatic carbocycles. The van der Waals surface area contributed by atoms with Crippen LogP contribution in [0.2, 0.25) is 0 Å². The summed E-state index contributed by atoms with van der Waals surface area (Å²) in [6.45, 7) is 6.96. The van der Waals surface area contributed by atoms with Crippen molar-refractivity contribution in [2.45, 2.75) is 18.9 Å². The predicted octanol–water partition coefficient (Wildman–Crippen LogP) is 0.418. The van der Waals surface area contributed by atoms with Crippen LogP contribution < -0.4 is 5.32 Å². The Labute approximate surface area is 85.9 Å². The van der Waals surface area contributed by atoms with Crippen molar-refractivity contribution in [3.05, 3.63) is 0 Å². The molecule has 0 aromatic rings. The van der Waals surface area contributed by atoms with Gasteiger partial charge in [-0.1, -0.05) is 0 Å². The van der Waals surface area contributed by atoms with Crippen LogP contribution in [0.15, 0.2) is 0 Å². The van der Waals surface area contributed by atoms with Crippen LogP contribution in [0.3, 0.4) is 0 Å². The van der Waals surface area contributed by atoms with E-state index in [1.165, 1.54) is 0 Å². The van der Waals surface area contributed by atoms with Crippen LogP contribution in [-0.4, -0.2) is 52.2 Å². The molecule has 4 heteroatoms. The average molecular weight is 203 g/mol. The largest absolute Gasteiger partial charge is 0.382 e. The number of rotatable bonds is 8. The van der Waals surface area contributed by atoms with E-state index < -0.39 is 0 Å². The number of hydrogen-bond donors (Lipinski definition) is 1. The topological polar surface area (TPSA) is 39.7 Å². The first-order chi connectivity index (χ1) is 6.77. The molecule has 0 atom stereocenters. The summed E-state index contributed by atoms with van der Waals surface area (Å²) in [7, 11) is 1.68. The van der Waals surface area contributed by atoms with Gasteiger partial charge in [-0.15, -0.1) is 0 Å². The van der Waals surface area contributed by atoms with Crippen molar-refractivity contribution in [3.8, 4) is 0 Å². The quantitative estimate of drug-likeness (QED) is 0.580. The molecule has 4 nitrogen and oxygen atoms in total. The monoisotopic (exact) mass is 203 g/mol. The van der Waals surface area contributed by atoms with Gasteiger partial charge < -0.3 is 19.5 Å². The highest BCUT2D eigenvalue weighted by Gasteiger charge is 2.31. The fourth-order valence-corrected chi connectivity index (χ4v) is 1.30. The summed E-state index contributed by atoms with van der Waals surface area (Å²) in [5.74, 6) is 0. The van der Waals surface area contributed by atoms with E-state index in [1.54, 1.807) is 7.11 Å². The minimum atomic E-state index is 0.0759. The highest BCUT2D eigenvalue weighted by molar-refractivity contribution is 4.89. The second-order valence-corrected chi connectivity index (χ2v) is 3.86. The van der Waals surface area contributed by atoms with Crippen LogP contribution in [-0.2, 0) is 14.2 Å². The lowest BCUT2D eigenvalue weighted by Gasteiger charge is -2.39. The van der Waals surface area contributed by atoms with E-state index in [4.69, 9.17) is 14.2 Å². The molecular formula is C10H21NO3. The molecule has 1 N–H and O–H groups in total. The minimum Gasteiger partial charge on any atom is -0.382 e. The number of ether oxygens (including phenoxy) is 3. The Hall–Kier alpha value is -0.160. The van der Waals surface area contributed by atoms with Crippen molar-refractivity contribution in [3.63, 3.8) is 0 Å². The van der Waals surface area contributed by atoms with Crippen LogP contribution in [0.4, 0.5) is 0 Å². The third-order valence-electron chi connectivity index (χ3n) is 2.31. The summed E-state index contributed by atoms with van der Waals surface area (Å²) >= 11 is 0. The maximum absolute atomic E-state index is 5.70. The van der Waals surface area contributed by atoms with Gasteiger partial charge in [0, 0.05) is 33.4 Å². The molecule has 0 bridgehead atoms. The Morgan fingerprint density at radius 3 is 2.50 bits per heavy atom. The lowest BCUT2D eigenvalue weighted by molar-refractivity contribution is -0.0727. The number of methoxy groups -OCH3 is 1. The van der Waals surface area contributed by atoms with Gasteiger partial charge in [-0.3, -0.25) is 0 Å². The van der Waals surface area contributed by atoms with Crippen molar-refractivity contribution in [1.82, 2.24) is 5.32 Å². The predicted molar refractivity (Wildman–Crippen MR) is 54.5 cm³/mol. The molecule has 1 aliphatic heterocycles. The lowest BCUT2D eigenvalue weighted by atomic mass is 10.0. The average Bonchev–Trinajstić information content (AvgIpc) is 2.14. The van der Waals surface area contributed by atoms with Crippen molar-refractivity contribution in [2.24, 2.45) is 0 Å². The summed E-state index contributed by atoms with van der Waals surface area (Å²) in [5, 5.41) is 3.20. The molecule has 1 aliphatic rings. The van der Waals surface area contributed by atoms with E-state index in [-0.39, 0.29) is 5.60 Å². The molecule has 1 rings (SSSR count). The van der Waals surface area contributed by atoms with Crippen molar-refractivity contribution in [1.29, 1.82) is 0 Å². The van der Waals surface area contributed by atoms with Crippen LogP contribution in [0, 0.1) is 0 Å². The van der Waals surface area contributed by atoms with Gasteiger partial charge in [-0.05, 0) is 13.3 Å². The third kappa shape index (κ3) is 4.37. The van der Waals surface area contributed by atoms with Crippen LogP contribution in [0.1, 0.15) is 13.3 Å². The second kappa shape index (κ2) is 6.35. The van der Waals surface area contributed by atoms with E-state index in [0.29, 0.717) is 13.2 Å². The molecular weight excluding hydrogens is 182 g/mol. The Balaban J connectivity index is 1.80. The van der Waals surface area contributed by atoms with Gasteiger partial charge in [0.2, 0.25) is 0 Å². The first-order valence-corrected chi connectivity index (χ1v) is 5.18. The van der Waals surface area contributed by atoms with E-state index >= 15 is 0 Å². The minimum absolute atomic E-state index is 0.0759. The van der Waals surface area contributed by atoms with Crippen LogP contribution in [0.5, 0.6) is 0 Å². The fraction of sp³-hybridized carbons (Fsp3) is 1.00. The normalized spacial score (nSPS) is 19.3. The zero-order valence-corrected chi connectivity index (χ0v) is 9.17. The zero-order valence-electron chi connectivity index (χ0n) is 9.17. The van der Waals surface area contributed by atoms with Gasteiger partial charge in [0.1, 0.15) is 0 Å². The second-order valence-electron chi connectivity index (χ2n) is 3.86. The van der Waals surface area contributed by atoms with Gasteiger partial charge in [0.15, 0.2) is 0 Å². The molecule has 0 spiro atoms. The van der Waals surface area contributed by atoms with Gasteiger partial charge in [-0.25, -0.2) is 0 Å². The summed E-state index contributed by atoms with van der Waals surface area (Å²) in [4.78, 5) is 0. The van der Waals surface area contributed by atoms with E-state index in [2.05, 4.69) is 12.2 Å². The molecule has 0 amide bonds. The third-order valence-corrected chi connectivity index (χ3v) is 2.31. The van der Waals surface area contributed by atoms with Crippen molar-refractivity contribution >= 4 is 0 Å². The molecule has 0 saturated carbocycles. The summed E-state index contributed by atoms with van der Waals surface area (Å²) in [6, 6.07) is 0. The van der Waals surface area contributed by atoms with Gasteiger partial charge in [-0.2, -0.15) is 0 Å². The Kier molecular flexibility index (Phi) is 5.40. The standard InChI is InChI=1S/C10H21NO3/c1-10(8-11-9-10)14-5-3-4-13-7-6-12-2/h11H,3-9H2,1-2H3. The van der Waals surface area contributed by atoms with Gasteiger partial charge in [0.05, 0.1) is 18.8 Å². The number of nitrogens with one attached hydrogen (secondary N) is 1. The first kappa shape index (κ1) is 11.9.